The van der Waals surface area contributed by atoms with Crippen molar-refractivity contribution >= 4 is 11.5 Å². The topological polar surface area (TPSA) is 92.5 Å². The Balaban J connectivity index is 1.44. The zero-order valence-corrected chi connectivity index (χ0v) is 16.6. The second-order valence-electron chi connectivity index (χ2n) is 7.98. The third-order valence-electron chi connectivity index (χ3n) is 6.02. The van der Waals surface area contributed by atoms with Crippen molar-refractivity contribution in [1.29, 1.82) is 0 Å². The molecule has 0 saturated carbocycles. The van der Waals surface area contributed by atoms with Crippen molar-refractivity contribution in [2.45, 2.75) is 50.7 Å². The zero-order chi connectivity index (χ0) is 20.0. The minimum Gasteiger partial charge on any atom is -0.420 e. The van der Waals surface area contributed by atoms with Gasteiger partial charge < -0.3 is 14.5 Å². The minimum atomic E-state index is -0.169. The van der Waals surface area contributed by atoms with Crippen LogP contribution in [0.4, 0.5) is 0 Å². The molecule has 29 heavy (non-hydrogen) atoms. The van der Waals surface area contributed by atoms with Gasteiger partial charge in [0.15, 0.2) is 0 Å². The molecule has 4 unspecified atom stereocenters. The largest absolute Gasteiger partial charge is 0.420 e. The molecule has 0 radical (unpaired) electrons. The van der Waals surface area contributed by atoms with E-state index in [1.807, 2.05) is 25.1 Å². The third-order valence-corrected chi connectivity index (χ3v) is 6.02. The van der Waals surface area contributed by atoms with Crippen molar-refractivity contribution < 1.29 is 13.9 Å². The van der Waals surface area contributed by atoms with E-state index in [1.54, 1.807) is 5.01 Å². The van der Waals surface area contributed by atoms with Crippen molar-refractivity contribution in [3.63, 3.8) is 0 Å². The number of carbonyl (C=O) groups excluding carboxylic acids is 1. The predicted octanol–water partition coefficient (Wildman–Crippen LogP) is 2.14. The molecule has 4 atom stereocenters. The van der Waals surface area contributed by atoms with E-state index in [-0.39, 0.29) is 35.8 Å². The second kappa shape index (κ2) is 7.27. The van der Waals surface area contributed by atoms with Gasteiger partial charge in [-0.3, -0.25) is 9.80 Å². The molecule has 1 aromatic carbocycles. The highest BCUT2D eigenvalue weighted by atomic mass is 16.5. The highest BCUT2D eigenvalue weighted by molar-refractivity contribution is 6.19. The van der Waals surface area contributed by atoms with Crippen LogP contribution in [0, 0.1) is 0 Å². The molecular formula is C21H25N5O3. The van der Waals surface area contributed by atoms with Gasteiger partial charge in [0.1, 0.15) is 11.7 Å². The number of aromatic nitrogens is 2. The van der Waals surface area contributed by atoms with E-state index in [0.29, 0.717) is 18.1 Å². The van der Waals surface area contributed by atoms with Crippen LogP contribution >= 0.6 is 0 Å². The summed E-state index contributed by atoms with van der Waals surface area (Å²) in [5.74, 6) is 0.884. The van der Waals surface area contributed by atoms with Gasteiger partial charge in [-0.2, -0.15) is 0 Å². The van der Waals surface area contributed by atoms with E-state index < -0.39 is 0 Å². The summed E-state index contributed by atoms with van der Waals surface area (Å²) in [6.07, 6.45) is 1.76. The van der Waals surface area contributed by atoms with Crippen LogP contribution < -0.4 is 10.7 Å². The van der Waals surface area contributed by atoms with Crippen LogP contribution in [0.2, 0.25) is 0 Å². The van der Waals surface area contributed by atoms with Crippen LogP contribution in [0.25, 0.3) is 5.57 Å². The van der Waals surface area contributed by atoms with Gasteiger partial charge in [-0.15, -0.1) is 10.2 Å². The van der Waals surface area contributed by atoms with E-state index in [4.69, 9.17) is 9.15 Å². The van der Waals surface area contributed by atoms with Gasteiger partial charge in [0.05, 0.1) is 12.5 Å². The number of benzene rings is 1. The van der Waals surface area contributed by atoms with Crippen molar-refractivity contribution in [2.75, 3.05) is 13.2 Å². The van der Waals surface area contributed by atoms with E-state index >= 15 is 0 Å². The molecule has 0 aliphatic carbocycles. The summed E-state index contributed by atoms with van der Waals surface area (Å²) >= 11 is 0. The molecule has 5 rings (SSSR count). The standard InChI is InChI=1S/C21H25N5O3/c1-12-17(20-24-23-19(29-20)15-9-6-10-28-11-15)21(27)26-18(22-12)16(13(2)25-26)14-7-4-3-5-8-14/h3-5,7-8,13,15-16,18,22,25H,6,9-11H2,1-2H3. The molecule has 3 aliphatic heterocycles. The fraction of sp³-hybridized carbons (Fsp3) is 0.476. The Bertz CT molecular complexity index is 935. The summed E-state index contributed by atoms with van der Waals surface area (Å²) in [5, 5.41) is 13.5. The van der Waals surface area contributed by atoms with Gasteiger partial charge in [-0.05, 0) is 32.3 Å². The maximum atomic E-state index is 13.3. The van der Waals surface area contributed by atoms with Crippen molar-refractivity contribution in [2.24, 2.45) is 0 Å². The van der Waals surface area contributed by atoms with Crippen LogP contribution in [0.3, 0.4) is 0 Å². The molecule has 2 N–H and O–H groups in total. The van der Waals surface area contributed by atoms with E-state index in [2.05, 4.69) is 40.0 Å². The fourth-order valence-electron chi connectivity index (χ4n) is 4.56. The first kappa shape index (κ1) is 18.3. The Morgan fingerprint density at radius 1 is 1.21 bits per heavy atom. The second-order valence-corrected chi connectivity index (χ2v) is 7.98. The van der Waals surface area contributed by atoms with Gasteiger partial charge in [-0.1, -0.05) is 30.3 Å². The van der Waals surface area contributed by atoms with Gasteiger partial charge in [0.25, 0.3) is 11.8 Å². The van der Waals surface area contributed by atoms with Gasteiger partial charge in [-0.25, -0.2) is 5.43 Å². The number of allylic oxidation sites excluding steroid dienone is 1. The zero-order valence-electron chi connectivity index (χ0n) is 16.6. The summed E-state index contributed by atoms with van der Waals surface area (Å²) in [7, 11) is 0. The lowest BCUT2D eigenvalue weighted by molar-refractivity contribution is -0.130. The molecule has 8 nitrogen and oxygen atoms in total. The van der Waals surface area contributed by atoms with Crippen LogP contribution in [-0.2, 0) is 9.53 Å². The van der Waals surface area contributed by atoms with Crippen LogP contribution in [-0.4, -0.2) is 46.5 Å². The lowest BCUT2D eigenvalue weighted by Gasteiger charge is -2.34. The molecule has 152 valence electrons. The lowest BCUT2D eigenvalue weighted by Crippen LogP contribution is -2.54. The molecule has 3 aliphatic rings. The Kier molecular flexibility index (Phi) is 4.60. The lowest BCUT2D eigenvalue weighted by atomic mass is 9.90. The molecular weight excluding hydrogens is 370 g/mol. The van der Waals surface area contributed by atoms with E-state index in [9.17, 15) is 4.79 Å². The van der Waals surface area contributed by atoms with E-state index in [1.165, 1.54) is 5.56 Å². The molecule has 2 fully saturated rings. The number of hydrogen-bond acceptors (Lipinski definition) is 7. The number of fused-ring (bicyclic) bond motifs is 1. The van der Waals surface area contributed by atoms with Crippen LogP contribution in [0.15, 0.2) is 40.4 Å². The van der Waals surface area contributed by atoms with Crippen LogP contribution in [0.1, 0.15) is 55.9 Å². The first-order valence-electron chi connectivity index (χ1n) is 10.2. The van der Waals surface area contributed by atoms with Gasteiger partial charge >= 0.3 is 0 Å². The normalized spacial score (nSPS) is 29.7. The number of ether oxygens (including phenoxy) is 1. The summed E-state index contributed by atoms with van der Waals surface area (Å²) in [6, 6.07) is 10.4. The Morgan fingerprint density at radius 2 is 2.03 bits per heavy atom. The maximum Gasteiger partial charge on any atom is 0.277 e. The van der Waals surface area contributed by atoms with Crippen molar-refractivity contribution in [3.05, 3.63) is 53.4 Å². The van der Waals surface area contributed by atoms with E-state index in [0.717, 1.165) is 25.1 Å². The molecule has 4 heterocycles. The predicted molar refractivity (Wildman–Crippen MR) is 105 cm³/mol. The fourth-order valence-corrected chi connectivity index (χ4v) is 4.56. The summed E-state index contributed by atoms with van der Waals surface area (Å²) in [5.41, 5.74) is 5.69. The number of nitrogens with one attached hydrogen (secondary N) is 2. The maximum absolute atomic E-state index is 13.3. The number of rotatable bonds is 3. The highest BCUT2D eigenvalue weighted by Crippen LogP contribution is 2.37. The quantitative estimate of drug-likeness (QED) is 0.823. The smallest absolute Gasteiger partial charge is 0.277 e. The average molecular weight is 395 g/mol. The Morgan fingerprint density at radius 3 is 2.79 bits per heavy atom. The molecule has 8 heteroatoms. The first-order chi connectivity index (χ1) is 14.1. The SMILES string of the molecule is CC1=C(c2nnc(C3CCCOC3)o2)C(=O)N2NC(C)C(c3ccccc3)C2N1. The molecule has 2 saturated heterocycles. The monoisotopic (exact) mass is 395 g/mol. The Hall–Kier alpha value is -2.71. The summed E-state index contributed by atoms with van der Waals surface area (Å²) < 4.78 is 11.4. The first-order valence-corrected chi connectivity index (χ1v) is 10.2. The summed E-state index contributed by atoms with van der Waals surface area (Å²) in [4.78, 5) is 13.3. The number of nitrogens with zero attached hydrogens (tertiary/aromatic N) is 3. The summed E-state index contributed by atoms with van der Waals surface area (Å²) in [6.45, 7) is 5.34. The number of amides is 1. The minimum absolute atomic E-state index is 0.0951. The molecule has 1 aromatic heterocycles. The number of hydrogen-bond donors (Lipinski definition) is 2. The number of carbonyl (C=O) groups is 1. The van der Waals surface area contributed by atoms with Crippen molar-refractivity contribution in [1.82, 2.24) is 25.9 Å². The average Bonchev–Trinajstić information content (AvgIpc) is 3.34. The molecule has 2 aromatic rings. The molecule has 0 spiro atoms. The Labute approximate surface area is 169 Å². The molecule has 0 bridgehead atoms. The third kappa shape index (κ3) is 3.12. The molecule has 1 amide bonds. The van der Waals surface area contributed by atoms with Crippen LogP contribution in [0.5, 0.6) is 0 Å². The highest BCUT2D eigenvalue weighted by Gasteiger charge is 2.47. The van der Waals surface area contributed by atoms with Gasteiger partial charge in [0.2, 0.25) is 5.89 Å². The number of hydrazine groups is 1. The van der Waals surface area contributed by atoms with Gasteiger partial charge in [0, 0.05) is 24.3 Å². The van der Waals surface area contributed by atoms with Crippen molar-refractivity contribution in [3.8, 4) is 0 Å².